The molecule has 2 N–H and O–H groups in total. The molecule has 2 aliphatic heterocycles. The molecule has 0 radical (unpaired) electrons. The third-order valence-corrected chi connectivity index (χ3v) is 2.80. The number of nitrogens with one attached hydrogen (secondary N) is 1. The van der Waals surface area contributed by atoms with E-state index < -0.39 is 6.09 Å². The Labute approximate surface area is 77.3 Å². The van der Waals surface area contributed by atoms with Gasteiger partial charge in [0.2, 0.25) is 0 Å². The fraction of sp³-hybridized carbons (Fsp3) is 0.875. The minimum absolute atomic E-state index is 0.471. The Balaban J connectivity index is 1.75. The largest absolute Gasteiger partial charge is 0.465 e. The summed E-state index contributed by atoms with van der Waals surface area (Å²) in [5.74, 6) is 0. The fourth-order valence-corrected chi connectivity index (χ4v) is 1.89. The van der Waals surface area contributed by atoms with Crippen LogP contribution < -0.4 is 5.32 Å². The van der Waals surface area contributed by atoms with Gasteiger partial charge >= 0.3 is 6.09 Å². The zero-order valence-electron chi connectivity index (χ0n) is 7.57. The van der Waals surface area contributed by atoms with E-state index >= 15 is 0 Å². The van der Waals surface area contributed by atoms with Gasteiger partial charge in [0.05, 0.1) is 0 Å². The van der Waals surface area contributed by atoms with Gasteiger partial charge in [-0.05, 0) is 0 Å². The molecule has 0 spiro atoms. The van der Waals surface area contributed by atoms with Crippen molar-refractivity contribution >= 4 is 6.09 Å². The second-order valence-corrected chi connectivity index (χ2v) is 3.63. The summed E-state index contributed by atoms with van der Waals surface area (Å²) < 4.78 is 0. The normalized spacial score (nSPS) is 25.7. The molecule has 0 atom stereocenters. The second kappa shape index (κ2) is 3.51. The molecule has 13 heavy (non-hydrogen) atoms. The van der Waals surface area contributed by atoms with E-state index in [-0.39, 0.29) is 0 Å². The van der Waals surface area contributed by atoms with E-state index in [4.69, 9.17) is 5.11 Å². The van der Waals surface area contributed by atoms with Crippen molar-refractivity contribution in [3.63, 3.8) is 0 Å². The SMILES string of the molecule is O=C(O)N1CC(N2CCNCC2)C1. The lowest BCUT2D eigenvalue weighted by molar-refractivity contribution is 0.0312. The second-order valence-electron chi connectivity index (χ2n) is 3.63. The van der Waals surface area contributed by atoms with E-state index in [2.05, 4.69) is 10.2 Å². The summed E-state index contributed by atoms with van der Waals surface area (Å²) in [7, 11) is 0. The Kier molecular flexibility index (Phi) is 2.37. The van der Waals surface area contributed by atoms with Crippen LogP contribution in [0.15, 0.2) is 0 Å². The number of carbonyl (C=O) groups is 1. The molecule has 5 nitrogen and oxygen atoms in total. The van der Waals surface area contributed by atoms with Crippen molar-refractivity contribution < 1.29 is 9.90 Å². The lowest BCUT2D eigenvalue weighted by atomic mass is 10.1. The number of hydrogen-bond acceptors (Lipinski definition) is 3. The van der Waals surface area contributed by atoms with Crippen LogP contribution in [-0.4, -0.2) is 66.3 Å². The molecule has 2 heterocycles. The smallest absolute Gasteiger partial charge is 0.407 e. The minimum Gasteiger partial charge on any atom is -0.465 e. The van der Waals surface area contributed by atoms with E-state index in [0.29, 0.717) is 19.1 Å². The van der Waals surface area contributed by atoms with Crippen molar-refractivity contribution in [1.82, 2.24) is 15.1 Å². The van der Waals surface area contributed by atoms with Gasteiger partial charge in [-0.25, -0.2) is 4.79 Å². The highest BCUT2D eigenvalue weighted by Gasteiger charge is 2.34. The highest BCUT2D eigenvalue weighted by Crippen LogP contribution is 2.14. The topological polar surface area (TPSA) is 55.8 Å². The zero-order chi connectivity index (χ0) is 9.26. The first-order chi connectivity index (χ1) is 6.27. The molecular formula is C8H15N3O2. The zero-order valence-corrected chi connectivity index (χ0v) is 7.57. The van der Waals surface area contributed by atoms with Crippen LogP contribution in [-0.2, 0) is 0 Å². The summed E-state index contributed by atoms with van der Waals surface area (Å²) >= 11 is 0. The molecule has 2 rings (SSSR count). The maximum Gasteiger partial charge on any atom is 0.407 e. The first-order valence-electron chi connectivity index (χ1n) is 4.70. The maximum absolute atomic E-state index is 10.5. The summed E-state index contributed by atoms with van der Waals surface area (Å²) in [6.45, 7) is 5.55. The van der Waals surface area contributed by atoms with Crippen molar-refractivity contribution in [2.75, 3.05) is 39.3 Å². The lowest BCUT2D eigenvalue weighted by Crippen LogP contribution is -2.63. The van der Waals surface area contributed by atoms with Gasteiger partial charge in [-0.15, -0.1) is 0 Å². The van der Waals surface area contributed by atoms with Crippen LogP contribution in [0.3, 0.4) is 0 Å². The first kappa shape index (κ1) is 8.77. The number of nitrogens with zero attached hydrogens (tertiary/aromatic N) is 2. The van der Waals surface area contributed by atoms with Crippen molar-refractivity contribution in [2.24, 2.45) is 0 Å². The Bertz CT molecular complexity index is 198. The molecule has 2 fully saturated rings. The molecule has 74 valence electrons. The van der Waals surface area contributed by atoms with E-state index in [1.54, 1.807) is 0 Å². The van der Waals surface area contributed by atoms with Gasteiger partial charge in [-0.2, -0.15) is 0 Å². The number of carboxylic acid groups (broad SMARTS) is 1. The maximum atomic E-state index is 10.5. The van der Waals surface area contributed by atoms with Crippen LogP contribution in [0, 0.1) is 0 Å². The van der Waals surface area contributed by atoms with Crippen molar-refractivity contribution in [3.8, 4) is 0 Å². The Morgan fingerprint density at radius 2 is 1.92 bits per heavy atom. The lowest BCUT2D eigenvalue weighted by Gasteiger charge is -2.45. The molecule has 0 bridgehead atoms. The molecule has 5 heteroatoms. The number of rotatable bonds is 1. The summed E-state index contributed by atoms with van der Waals surface area (Å²) in [4.78, 5) is 14.3. The molecule has 0 unspecified atom stereocenters. The van der Waals surface area contributed by atoms with Gasteiger partial charge < -0.3 is 15.3 Å². The number of likely N-dealkylation sites (tertiary alicyclic amines) is 1. The van der Waals surface area contributed by atoms with Gasteiger partial charge in [-0.3, -0.25) is 4.90 Å². The van der Waals surface area contributed by atoms with Crippen LogP contribution in [0.25, 0.3) is 0 Å². The average Bonchev–Trinajstić information content (AvgIpc) is 2.02. The Morgan fingerprint density at radius 1 is 1.31 bits per heavy atom. The molecule has 0 aromatic carbocycles. The molecule has 1 amide bonds. The number of piperazine rings is 1. The third kappa shape index (κ3) is 1.76. The highest BCUT2D eigenvalue weighted by atomic mass is 16.4. The van der Waals surface area contributed by atoms with Crippen LogP contribution in [0.2, 0.25) is 0 Å². The average molecular weight is 185 g/mol. The van der Waals surface area contributed by atoms with Crippen molar-refractivity contribution in [2.45, 2.75) is 6.04 Å². The molecule has 2 saturated heterocycles. The highest BCUT2D eigenvalue weighted by molar-refractivity contribution is 5.66. The number of amides is 1. The van der Waals surface area contributed by atoms with E-state index in [1.165, 1.54) is 4.90 Å². The molecule has 0 aliphatic carbocycles. The monoisotopic (exact) mass is 185 g/mol. The van der Waals surface area contributed by atoms with E-state index in [9.17, 15) is 4.79 Å². The van der Waals surface area contributed by atoms with Gasteiger partial charge in [0.1, 0.15) is 0 Å². The van der Waals surface area contributed by atoms with Crippen molar-refractivity contribution in [1.29, 1.82) is 0 Å². The van der Waals surface area contributed by atoms with Gasteiger partial charge in [0, 0.05) is 45.3 Å². The molecule has 0 aromatic rings. The first-order valence-corrected chi connectivity index (χ1v) is 4.70. The molecule has 0 aromatic heterocycles. The van der Waals surface area contributed by atoms with E-state index in [0.717, 1.165) is 26.2 Å². The molecule has 2 aliphatic rings. The summed E-state index contributed by atoms with van der Waals surface area (Å²) in [5.41, 5.74) is 0. The number of hydrogen-bond donors (Lipinski definition) is 2. The Morgan fingerprint density at radius 3 is 2.46 bits per heavy atom. The predicted molar refractivity (Wildman–Crippen MR) is 47.8 cm³/mol. The fourth-order valence-electron chi connectivity index (χ4n) is 1.89. The van der Waals surface area contributed by atoms with Crippen LogP contribution in [0.1, 0.15) is 0 Å². The van der Waals surface area contributed by atoms with Crippen LogP contribution in [0.4, 0.5) is 4.79 Å². The Hall–Kier alpha value is -0.810. The third-order valence-electron chi connectivity index (χ3n) is 2.80. The summed E-state index contributed by atoms with van der Waals surface area (Å²) in [5, 5.41) is 11.9. The van der Waals surface area contributed by atoms with Gasteiger partial charge in [0.25, 0.3) is 0 Å². The molecular weight excluding hydrogens is 170 g/mol. The van der Waals surface area contributed by atoms with Gasteiger partial charge in [0.15, 0.2) is 0 Å². The standard InChI is InChI=1S/C8H15N3O2/c12-8(13)11-5-7(6-11)10-3-1-9-2-4-10/h7,9H,1-6H2,(H,12,13). The van der Waals surface area contributed by atoms with Gasteiger partial charge in [-0.1, -0.05) is 0 Å². The predicted octanol–water partition coefficient (Wildman–Crippen LogP) is -0.746. The summed E-state index contributed by atoms with van der Waals surface area (Å²) in [6.07, 6.45) is -0.786. The quantitative estimate of drug-likeness (QED) is 0.564. The van der Waals surface area contributed by atoms with Crippen LogP contribution in [0.5, 0.6) is 0 Å². The summed E-state index contributed by atoms with van der Waals surface area (Å²) in [6, 6.07) is 0.471. The van der Waals surface area contributed by atoms with E-state index in [1.807, 2.05) is 0 Å². The molecule has 0 saturated carbocycles. The van der Waals surface area contributed by atoms with Crippen LogP contribution >= 0.6 is 0 Å². The minimum atomic E-state index is -0.786. The van der Waals surface area contributed by atoms with Crippen molar-refractivity contribution in [3.05, 3.63) is 0 Å².